The molecule has 1 spiro atoms. The molecule has 22 heavy (non-hydrogen) atoms. The van der Waals surface area contributed by atoms with Gasteiger partial charge < -0.3 is 14.2 Å². The number of rotatable bonds is 4. The van der Waals surface area contributed by atoms with Gasteiger partial charge in [0.15, 0.2) is 0 Å². The lowest BCUT2D eigenvalue weighted by Crippen LogP contribution is -2.35. The summed E-state index contributed by atoms with van der Waals surface area (Å²) in [5.74, 6) is 0.592. The Bertz CT molecular complexity index is 569. The average molecular weight is 302 g/mol. The number of hydrogen-bond donors (Lipinski definition) is 0. The van der Waals surface area contributed by atoms with E-state index in [1.165, 1.54) is 6.42 Å². The molecule has 1 heterocycles. The van der Waals surface area contributed by atoms with Crippen LogP contribution in [0.1, 0.15) is 50.5 Å². The molecule has 0 radical (unpaired) electrons. The van der Waals surface area contributed by atoms with E-state index in [1.807, 2.05) is 24.3 Å². The van der Waals surface area contributed by atoms with E-state index in [9.17, 15) is 4.79 Å². The number of benzene rings is 1. The van der Waals surface area contributed by atoms with Gasteiger partial charge in [-0.2, -0.15) is 0 Å². The zero-order valence-corrected chi connectivity index (χ0v) is 13.0. The van der Waals surface area contributed by atoms with Crippen molar-refractivity contribution >= 4 is 5.97 Å². The first kappa shape index (κ1) is 14.1. The summed E-state index contributed by atoms with van der Waals surface area (Å²) >= 11 is 0. The van der Waals surface area contributed by atoms with Crippen molar-refractivity contribution in [3.8, 4) is 5.75 Å². The number of carbonyl (C=O) groups excluding carboxylic acids is 1. The Morgan fingerprint density at radius 3 is 2.41 bits per heavy atom. The van der Waals surface area contributed by atoms with Gasteiger partial charge in [0.1, 0.15) is 17.5 Å². The zero-order valence-electron chi connectivity index (χ0n) is 13.0. The maximum Gasteiger partial charge on any atom is 0.346 e. The Morgan fingerprint density at radius 2 is 1.82 bits per heavy atom. The first-order chi connectivity index (χ1) is 10.7. The van der Waals surface area contributed by atoms with Crippen molar-refractivity contribution in [2.45, 2.75) is 62.3 Å². The van der Waals surface area contributed by atoms with Gasteiger partial charge in [-0.15, -0.1) is 0 Å². The zero-order chi connectivity index (χ0) is 15.2. The average Bonchev–Trinajstić information content (AvgIpc) is 3.46. The molecule has 118 valence electrons. The van der Waals surface area contributed by atoms with E-state index in [1.54, 1.807) is 7.11 Å². The lowest BCUT2D eigenvalue weighted by Gasteiger charge is -2.23. The third kappa shape index (κ3) is 2.04. The Hall–Kier alpha value is -1.55. The van der Waals surface area contributed by atoms with Crippen molar-refractivity contribution < 1.29 is 19.0 Å². The molecule has 0 N–H and O–H groups in total. The molecular weight excluding hydrogens is 280 g/mol. The van der Waals surface area contributed by atoms with Gasteiger partial charge in [-0.1, -0.05) is 31.4 Å². The lowest BCUT2D eigenvalue weighted by atomic mass is 9.77. The van der Waals surface area contributed by atoms with E-state index in [4.69, 9.17) is 14.2 Å². The topological polar surface area (TPSA) is 48.1 Å². The van der Waals surface area contributed by atoms with E-state index in [2.05, 4.69) is 0 Å². The fraction of sp³-hybridized carbons (Fsp3) is 0.611. The Morgan fingerprint density at radius 1 is 1.14 bits per heavy atom. The molecule has 3 aliphatic rings. The summed E-state index contributed by atoms with van der Waals surface area (Å²) in [6, 6.07) is 7.66. The van der Waals surface area contributed by atoms with Crippen molar-refractivity contribution in [3.05, 3.63) is 29.8 Å². The molecule has 2 aliphatic carbocycles. The molecule has 4 heteroatoms. The van der Waals surface area contributed by atoms with Crippen LogP contribution in [0.2, 0.25) is 0 Å². The van der Waals surface area contributed by atoms with Crippen LogP contribution in [0.3, 0.4) is 0 Å². The van der Waals surface area contributed by atoms with Gasteiger partial charge in [0.25, 0.3) is 0 Å². The molecule has 0 aromatic heterocycles. The molecule has 0 amide bonds. The molecule has 0 bridgehead atoms. The van der Waals surface area contributed by atoms with Crippen LogP contribution >= 0.6 is 0 Å². The first-order valence-electron chi connectivity index (χ1n) is 8.26. The molecule has 2 saturated carbocycles. The summed E-state index contributed by atoms with van der Waals surface area (Å²) in [5, 5.41) is 0. The lowest BCUT2D eigenvalue weighted by molar-refractivity contribution is -0.151. The number of epoxide rings is 1. The van der Waals surface area contributed by atoms with E-state index in [0.717, 1.165) is 49.8 Å². The Balaban J connectivity index is 1.67. The Kier molecular flexibility index (Phi) is 3.19. The van der Waals surface area contributed by atoms with Gasteiger partial charge in [-0.3, -0.25) is 0 Å². The second-order valence-corrected chi connectivity index (χ2v) is 6.67. The van der Waals surface area contributed by atoms with Crippen molar-refractivity contribution in [3.63, 3.8) is 0 Å². The molecule has 4 nitrogen and oxygen atoms in total. The van der Waals surface area contributed by atoms with Crippen molar-refractivity contribution in [1.82, 2.24) is 0 Å². The molecule has 1 aromatic carbocycles. The van der Waals surface area contributed by atoms with Crippen LogP contribution in [-0.4, -0.2) is 24.8 Å². The van der Waals surface area contributed by atoms with Gasteiger partial charge in [-0.25, -0.2) is 4.79 Å². The van der Waals surface area contributed by atoms with Crippen LogP contribution < -0.4 is 4.74 Å². The maximum atomic E-state index is 12.8. The van der Waals surface area contributed by atoms with Crippen LogP contribution in [0.25, 0.3) is 0 Å². The summed E-state index contributed by atoms with van der Waals surface area (Å²) < 4.78 is 17.0. The van der Waals surface area contributed by atoms with Crippen LogP contribution in [0, 0.1) is 0 Å². The highest BCUT2D eigenvalue weighted by atomic mass is 16.7. The summed E-state index contributed by atoms with van der Waals surface area (Å²) in [5.41, 5.74) is -0.325. The smallest absolute Gasteiger partial charge is 0.346 e. The predicted octanol–water partition coefficient (Wildman–Crippen LogP) is 3.33. The van der Waals surface area contributed by atoms with Gasteiger partial charge in [0.2, 0.25) is 5.60 Å². The molecule has 1 atom stereocenters. The first-order valence-corrected chi connectivity index (χ1v) is 8.26. The van der Waals surface area contributed by atoms with E-state index >= 15 is 0 Å². The molecule has 3 fully saturated rings. The van der Waals surface area contributed by atoms with Crippen LogP contribution in [0.15, 0.2) is 24.3 Å². The molecule has 1 unspecified atom stereocenters. The van der Waals surface area contributed by atoms with E-state index < -0.39 is 5.60 Å². The minimum Gasteiger partial charge on any atom is -0.497 e. The van der Waals surface area contributed by atoms with Gasteiger partial charge in [-0.05, 0) is 43.4 Å². The predicted molar refractivity (Wildman–Crippen MR) is 80.7 cm³/mol. The highest BCUT2D eigenvalue weighted by molar-refractivity contribution is 5.87. The quantitative estimate of drug-likeness (QED) is 0.632. The van der Waals surface area contributed by atoms with E-state index in [0.29, 0.717) is 0 Å². The number of carbonyl (C=O) groups is 1. The highest BCUT2D eigenvalue weighted by Gasteiger charge is 2.76. The summed E-state index contributed by atoms with van der Waals surface area (Å²) in [6.45, 7) is 0. The normalized spacial score (nSPS) is 29.1. The molecule has 4 rings (SSSR count). The van der Waals surface area contributed by atoms with Crippen LogP contribution in [0.4, 0.5) is 0 Å². The third-order valence-electron chi connectivity index (χ3n) is 5.19. The SMILES string of the molecule is COc1ccc(C2(C(=O)OC3CC3)OC23CCCCC3)cc1. The number of ether oxygens (including phenoxy) is 3. The fourth-order valence-electron chi connectivity index (χ4n) is 3.76. The summed E-state index contributed by atoms with van der Waals surface area (Å²) in [4.78, 5) is 12.8. The molecule has 1 saturated heterocycles. The van der Waals surface area contributed by atoms with Gasteiger partial charge in [0, 0.05) is 0 Å². The van der Waals surface area contributed by atoms with Gasteiger partial charge in [0.05, 0.1) is 7.11 Å². The van der Waals surface area contributed by atoms with E-state index in [-0.39, 0.29) is 17.7 Å². The second kappa shape index (κ2) is 4.98. The van der Waals surface area contributed by atoms with Crippen molar-refractivity contribution in [2.24, 2.45) is 0 Å². The maximum absolute atomic E-state index is 12.8. The number of methoxy groups -OCH3 is 1. The number of esters is 1. The van der Waals surface area contributed by atoms with Gasteiger partial charge >= 0.3 is 5.97 Å². The largest absolute Gasteiger partial charge is 0.497 e. The molecular formula is C18H22O4. The second-order valence-electron chi connectivity index (χ2n) is 6.67. The fourth-order valence-corrected chi connectivity index (χ4v) is 3.76. The minimum absolute atomic E-state index is 0.104. The van der Waals surface area contributed by atoms with Crippen molar-refractivity contribution in [2.75, 3.05) is 7.11 Å². The summed E-state index contributed by atoms with van der Waals surface area (Å²) in [6.07, 6.45) is 7.42. The molecule has 1 aliphatic heterocycles. The van der Waals surface area contributed by atoms with Crippen LogP contribution in [0.5, 0.6) is 5.75 Å². The van der Waals surface area contributed by atoms with Crippen LogP contribution in [-0.2, 0) is 19.9 Å². The monoisotopic (exact) mass is 302 g/mol. The third-order valence-corrected chi connectivity index (χ3v) is 5.19. The molecule has 1 aromatic rings. The number of hydrogen-bond acceptors (Lipinski definition) is 4. The summed E-state index contributed by atoms with van der Waals surface area (Å²) in [7, 11) is 1.64. The minimum atomic E-state index is -0.887. The Labute approximate surface area is 130 Å². The van der Waals surface area contributed by atoms with Crippen molar-refractivity contribution in [1.29, 1.82) is 0 Å². The highest BCUT2D eigenvalue weighted by Crippen LogP contribution is 2.63. The standard InChI is InChI=1S/C18H22O4/c1-20-14-7-5-13(6-8-14)18(16(19)21-15-9-10-15)17(22-18)11-3-2-4-12-17/h5-8,15H,2-4,9-12H2,1H3.